The molecule has 2 aliphatic heterocycles. The number of likely N-dealkylation sites (tertiary alicyclic amines) is 1. The highest BCUT2D eigenvalue weighted by Crippen LogP contribution is 2.52. The van der Waals surface area contributed by atoms with Gasteiger partial charge >= 0.3 is 0 Å². The average Bonchev–Trinajstić information content (AvgIpc) is 2.66. The number of rotatable bonds is 3. The van der Waals surface area contributed by atoms with E-state index in [1.165, 1.54) is 17.0 Å². The molecular weight excluding hydrogens is 366 g/mol. The molecule has 0 spiro atoms. The molecule has 3 unspecified atom stereocenters. The molecule has 0 radical (unpaired) electrons. The second kappa shape index (κ2) is 5.99. The van der Waals surface area contributed by atoms with Crippen LogP contribution in [-0.4, -0.2) is 44.4 Å². The smallest absolute Gasteiger partial charge is 0.244 e. The van der Waals surface area contributed by atoms with Gasteiger partial charge in [-0.2, -0.15) is 0 Å². The molecule has 142 valence electrons. The molecule has 0 saturated carbocycles. The molecule has 4 rings (SSSR count). The van der Waals surface area contributed by atoms with Gasteiger partial charge in [-0.05, 0) is 25.1 Å². The van der Waals surface area contributed by atoms with E-state index in [0.29, 0.717) is 23.5 Å². The van der Waals surface area contributed by atoms with E-state index in [2.05, 4.69) is 0 Å². The highest BCUT2D eigenvalue weighted by Gasteiger charge is 2.57. The van der Waals surface area contributed by atoms with Crippen LogP contribution in [0.25, 0.3) is 0 Å². The minimum Gasteiger partial charge on any atom is -0.493 e. The Morgan fingerprint density at radius 3 is 2.52 bits per heavy atom. The van der Waals surface area contributed by atoms with Crippen LogP contribution in [-0.2, 0) is 14.6 Å². The van der Waals surface area contributed by atoms with Crippen LogP contribution in [0.3, 0.4) is 0 Å². The lowest BCUT2D eigenvalue weighted by Gasteiger charge is -2.51. The molecule has 3 atom stereocenters. The minimum atomic E-state index is -3.87. The zero-order valence-electron chi connectivity index (χ0n) is 15.4. The van der Waals surface area contributed by atoms with Crippen molar-refractivity contribution >= 4 is 15.7 Å². The number of nitrogens with zero attached hydrogens (tertiary/aromatic N) is 1. The maximum Gasteiger partial charge on any atom is 0.244 e. The first-order chi connectivity index (χ1) is 12.8. The molecule has 2 heterocycles. The van der Waals surface area contributed by atoms with E-state index >= 15 is 0 Å². The van der Waals surface area contributed by atoms with Gasteiger partial charge in [-0.1, -0.05) is 30.3 Å². The van der Waals surface area contributed by atoms with Crippen molar-refractivity contribution in [2.24, 2.45) is 0 Å². The van der Waals surface area contributed by atoms with Crippen molar-refractivity contribution in [2.45, 2.75) is 35.1 Å². The summed E-state index contributed by atoms with van der Waals surface area (Å²) in [6.07, 6.45) is 0.395. The van der Waals surface area contributed by atoms with Gasteiger partial charge in [0.2, 0.25) is 5.91 Å². The van der Waals surface area contributed by atoms with E-state index in [-0.39, 0.29) is 4.90 Å². The molecule has 1 amide bonds. The first-order valence-corrected chi connectivity index (χ1v) is 10.3. The zero-order chi connectivity index (χ0) is 19.4. The molecule has 0 N–H and O–H groups in total. The Labute approximate surface area is 158 Å². The van der Waals surface area contributed by atoms with Crippen molar-refractivity contribution < 1.29 is 22.7 Å². The zero-order valence-corrected chi connectivity index (χ0v) is 16.2. The summed E-state index contributed by atoms with van der Waals surface area (Å²) in [6, 6.07) is 13.5. The first kappa shape index (κ1) is 17.9. The van der Waals surface area contributed by atoms with Crippen LogP contribution < -0.4 is 9.47 Å². The maximum atomic E-state index is 13.4. The Balaban J connectivity index is 1.93. The van der Waals surface area contributed by atoms with Crippen molar-refractivity contribution in [3.05, 3.63) is 54.1 Å². The number of ether oxygens (including phenoxy) is 2. The van der Waals surface area contributed by atoms with Gasteiger partial charge in [0.25, 0.3) is 0 Å². The van der Waals surface area contributed by atoms with Gasteiger partial charge < -0.3 is 14.4 Å². The van der Waals surface area contributed by atoms with E-state index in [4.69, 9.17) is 9.47 Å². The molecule has 2 bridgehead atoms. The number of piperidine rings is 1. The van der Waals surface area contributed by atoms with Crippen LogP contribution in [0.1, 0.15) is 24.8 Å². The Hall–Kier alpha value is -2.54. The van der Waals surface area contributed by atoms with Gasteiger partial charge in [-0.3, -0.25) is 4.79 Å². The molecule has 1 saturated heterocycles. The Morgan fingerprint density at radius 2 is 1.85 bits per heavy atom. The number of carbonyl (C=O) groups excluding carboxylic acids is 1. The number of amides is 1. The molecule has 0 aromatic heterocycles. The summed E-state index contributed by atoms with van der Waals surface area (Å²) in [6.45, 7) is 1.80. The fourth-order valence-electron chi connectivity index (χ4n) is 4.05. The van der Waals surface area contributed by atoms with Crippen molar-refractivity contribution in [3.8, 4) is 11.5 Å². The molecule has 2 aromatic rings. The van der Waals surface area contributed by atoms with Crippen LogP contribution >= 0.6 is 0 Å². The third-order valence-electron chi connectivity index (χ3n) is 5.60. The van der Waals surface area contributed by atoms with Crippen molar-refractivity contribution in [1.29, 1.82) is 0 Å². The molecule has 0 aliphatic carbocycles. The van der Waals surface area contributed by atoms with Gasteiger partial charge in [0.05, 0.1) is 12.0 Å². The summed E-state index contributed by atoms with van der Waals surface area (Å²) >= 11 is 0. The largest absolute Gasteiger partial charge is 0.493 e. The van der Waals surface area contributed by atoms with Gasteiger partial charge in [0, 0.05) is 24.9 Å². The van der Waals surface area contributed by atoms with Crippen LogP contribution in [0.15, 0.2) is 53.4 Å². The highest BCUT2D eigenvalue weighted by molar-refractivity contribution is 7.92. The van der Waals surface area contributed by atoms with Crippen molar-refractivity contribution in [2.75, 3.05) is 14.2 Å². The third kappa shape index (κ3) is 2.52. The Bertz CT molecular complexity index is 1000. The monoisotopic (exact) mass is 387 g/mol. The number of hydrogen-bond donors (Lipinski definition) is 0. The number of hydrogen-bond acceptors (Lipinski definition) is 5. The van der Waals surface area contributed by atoms with Gasteiger partial charge in [0.15, 0.2) is 32.3 Å². The average molecular weight is 387 g/mol. The second-order valence-corrected chi connectivity index (χ2v) is 9.21. The number of methoxy groups -OCH3 is 1. The number of benzene rings is 2. The molecule has 2 aromatic carbocycles. The van der Waals surface area contributed by atoms with E-state index in [1.54, 1.807) is 51.4 Å². The highest BCUT2D eigenvalue weighted by atomic mass is 32.2. The second-order valence-electron chi connectivity index (χ2n) is 7.14. The summed E-state index contributed by atoms with van der Waals surface area (Å²) in [5.74, 6) is 0.0715. The fourth-order valence-corrected chi connectivity index (χ4v) is 5.98. The van der Waals surface area contributed by atoms with Crippen LogP contribution in [0, 0.1) is 0 Å². The van der Waals surface area contributed by atoms with E-state index in [9.17, 15) is 13.2 Å². The third-order valence-corrected chi connectivity index (χ3v) is 7.73. The van der Waals surface area contributed by atoms with Crippen molar-refractivity contribution in [3.63, 3.8) is 0 Å². The van der Waals surface area contributed by atoms with E-state index < -0.39 is 32.6 Å². The topological polar surface area (TPSA) is 72.9 Å². The molecule has 1 fully saturated rings. The summed E-state index contributed by atoms with van der Waals surface area (Å²) in [4.78, 5) is 14.7. The van der Waals surface area contributed by atoms with Gasteiger partial charge in [-0.15, -0.1) is 0 Å². The summed E-state index contributed by atoms with van der Waals surface area (Å²) < 4.78 is 38.3. The normalized spacial score (nSPS) is 26.9. The first-order valence-electron chi connectivity index (χ1n) is 8.72. The van der Waals surface area contributed by atoms with Crippen molar-refractivity contribution in [1.82, 2.24) is 4.90 Å². The predicted molar refractivity (Wildman–Crippen MR) is 99.6 cm³/mol. The number of fused-ring (bicyclic) bond motifs is 4. The lowest BCUT2D eigenvalue weighted by Crippen LogP contribution is -2.64. The van der Waals surface area contributed by atoms with E-state index in [1.807, 2.05) is 6.07 Å². The number of carbonyl (C=O) groups is 1. The molecule has 2 aliphatic rings. The van der Waals surface area contributed by atoms with Crippen LogP contribution in [0.5, 0.6) is 11.5 Å². The molecule has 7 heteroatoms. The number of para-hydroxylation sites is 1. The Kier molecular flexibility index (Phi) is 3.96. The Morgan fingerprint density at radius 1 is 1.15 bits per heavy atom. The number of sulfone groups is 1. The van der Waals surface area contributed by atoms with Crippen LogP contribution in [0.2, 0.25) is 0 Å². The van der Waals surface area contributed by atoms with Crippen LogP contribution in [0.4, 0.5) is 0 Å². The van der Waals surface area contributed by atoms with E-state index in [0.717, 1.165) is 0 Å². The maximum absolute atomic E-state index is 13.4. The van der Waals surface area contributed by atoms with Gasteiger partial charge in [0.1, 0.15) is 0 Å². The lowest BCUT2D eigenvalue weighted by atomic mass is 9.80. The minimum absolute atomic E-state index is 0.149. The quantitative estimate of drug-likeness (QED) is 0.809. The summed E-state index contributed by atoms with van der Waals surface area (Å²) in [5.41, 5.74) is -0.232. The predicted octanol–water partition coefficient (Wildman–Crippen LogP) is 2.59. The van der Waals surface area contributed by atoms with Gasteiger partial charge in [-0.25, -0.2) is 8.42 Å². The fraction of sp³-hybridized carbons (Fsp3) is 0.350. The standard InChI is InChI=1S/C20H21NO5S/c1-20-12-15(14-10-7-11-16(25-3)17(14)26-20)18(19(22)21(20)2)27(23,24)13-8-5-4-6-9-13/h4-11,15,18H,12H2,1-3H3. The summed E-state index contributed by atoms with van der Waals surface area (Å²) in [5, 5.41) is -1.20. The molecule has 27 heavy (non-hydrogen) atoms. The lowest BCUT2D eigenvalue weighted by molar-refractivity contribution is -0.160. The summed E-state index contributed by atoms with van der Waals surface area (Å²) in [7, 11) is -0.741. The molecular formula is C20H21NO5S. The SMILES string of the molecule is COc1cccc2c1OC1(C)CC2C(S(=O)(=O)c2ccccc2)C(=O)N1C. The molecule has 6 nitrogen and oxygen atoms in total.